The van der Waals surface area contributed by atoms with Crippen molar-refractivity contribution < 1.29 is 28.2 Å². The zero-order chi connectivity index (χ0) is 26.8. The maximum Gasteiger partial charge on any atom is 0.412 e. The van der Waals surface area contributed by atoms with E-state index in [0.717, 1.165) is 16.8 Å². The summed E-state index contributed by atoms with van der Waals surface area (Å²) in [7, 11) is 0. The van der Waals surface area contributed by atoms with Crippen LogP contribution < -0.4 is 16.0 Å². The van der Waals surface area contributed by atoms with Crippen molar-refractivity contribution in [2.75, 3.05) is 18.5 Å². The van der Waals surface area contributed by atoms with Crippen LogP contribution in [0.25, 0.3) is 10.8 Å². The number of aliphatic hydroxyl groups is 1. The topological polar surface area (TPSA) is 113 Å². The van der Waals surface area contributed by atoms with Crippen LogP contribution in [0.15, 0.2) is 54.7 Å². The Labute approximate surface area is 214 Å². The number of hydrogen-bond donors (Lipinski definition) is 4. The molecule has 1 aromatic heterocycles. The van der Waals surface area contributed by atoms with Gasteiger partial charge in [0.2, 0.25) is 5.91 Å². The molecule has 4 N–H and O–H groups in total. The Morgan fingerprint density at radius 1 is 1.11 bits per heavy atom. The number of nitrogens with zero attached hydrogens (tertiary/aromatic N) is 1. The van der Waals surface area contributed by atoms with E-state index in [-0.39, 0.29) is 25.3 Å². The molecule has 0 bridgehead atoms. The van der Waals surface area contributed by atoms with Crippen molar-refractivity contribution in [1.82, 2.24) is 15.6 Å². The summed E-state index contributed by atoms with van der Waals surface area (Å²) in [4.78, 5) is 29.0. The number of amides is 2. The van der Waals surface area contributed by atoms with Gasteiger partial charge in [-0.05, 0) is 50.6 Å². The first kappa shape index (κ1) is 27.9. The summed E-state index contributed by atoms with van der Waals surface area (Å²) in [5.41, 5.74) is -0.762. The molecule has 8 nitrogen and oxygen atoms in total. The summed E-state index contributed by atoms with van der Waals surface area (Å²) in [5.74, 6) is -1.98. The number of nitrogens with one attached hydrogen (secondary N) is 3. The van der Waals surface area contributed by atoms with Gasteiger partial charge in [-0.25, -0.2) is 18.6 Å². The molecule has 0 saturated heterocycles. The number of hydrogen-bond acceptors (Lipinski definition) is 6. The molecule has 0 fully saturated rings. The highest BCUT2D eigenvalue weighted by molar-refractivity contribution is 5.89. The Balaban J connectivity index is 1.51. The molecule has 3 aromatic rings. The van der Waals surface area contributed by atoms with Gasteiger partial charge in [0.25, 0.3) is 0 Å². The minimum absolute atomic E-state index is 0.0297. The average Bonchev–Trinajstić information content (AvgIpc) is 2.84. The van der Waals surface area contributed by atoms with E-state index in [2.05, 4.69) is 20.9 Å². The van der Waals surface area contributed by atoms with Gasteiger partial charge in [0.1, 0.15) is 12.4 Å². The first-order valence-corrected chi connectivity index (χ1v) is 12.0. The van der Waals surface area contributed by atoms with Crippen LogP contribution in [0.4, 0.5) is 19.4 Å². The van der Waals surface area contributed by atoms with Gasteiger partial charge < -0.3 is 20.5 Å². The normalized spacial score (nSPS) is 12.2. The number of carbonyl (C=O) groups is 2. The average molecular weight is 515 g/mol. The maximum atomic E-state index is 13.8. The molecule has 0 spiro atoms. The summed E-state index contributed by atoms with van der Waals surface area (Å²) in [6.07, 6.45) is 2.45. The van der Waals surface area contributed by atoms with Crippen LogP contribution in [0.2, 0.25) is 0 Å². The molecule has 0 unspecified atom stereocenters. The number of halogens is 2. The van der Waals surface area contributed by atoms with Gasteiger partial charge in [-0.2, -0.15) is 0 Å². The summed E-state index contributed by atoms with van der Waals surface area (Å²) in [6.45, 7) is 3.10. The standard InChI is InChI=1S/C27H32F2N4O4/c1-27(2,36)12-6-10-21(32-24(34)16-30-14-20-9-5-11-22(28)25(20)29)17-37-26(35)33-23-13-18-7-3-4-8-19(18)15-31-23/h3-5,7-9,11,13,15,21,30,36H,6,10,12,14,16-17H2,1-2H3,(H,32,34)(H,31,33,35)/t21-/m0/s1. The smallest absolute Gasteiger partial charge is 0.412 e. The third-order valence-electron chi connectivity index (χ3n) is 5.62. The van der Waals surface area contributed by atoms with Crippen LogP contribution in [0.3, 0.4) is 0 Å². The van der Waals surface area contributed by atoms with E-state index in [1.807, 2.05) is 24.3 Å². The quantitative estimate of drug-likeness (QED) is 0.287. The van der Waals surface area contributed by atoms with Crippen LogP contribution in [-0.4, -0.2) is 46.9 Å². The second kappa shape index (κ2) is 13.1. The molecule has 198 valence electrons. The van der Waals surface area contributed by atoms with Crippen LogP contribution in [0.1, 0.15) is 38.7 Å². The monoisotopic (exact) mass is 514 g/mol. The third-order valence-corrected chi connectivity index (χ3v) is 5.62. The molecule has 1 heterocycles. The molecular weight excluding hydrogens is 482 g/mol. The maximum absolute atomic E-state index is 13.8. The second-order valence-electron chi connectivity index (χ2n) is 9.43. The molecule has 0 saturated carbocycles. The van der Waals surface area contributed by atoms with Crippen LogP contribution >= 0.6 is 0 Å². The van der Waals surface area contributed by atoms with Crippen LogP contribution in [0, 0.1) is 11.6 Å². The Bertz CT molecular complexity index is 1220. The predicted octanol–water partition coefficient (Wildman–Crippen LogP) is 4.28. The number of carbonyl (C=O) groups excluding carboxylic acids is 2. The summed E-state index contributed by atoms with van der Waals surface area (Å²) in [5, 5.41) is 20.0. The molecule has 10 heteroatoms. The van der Waals surface area contributed by atoms with E-state index in [1.165, 1.54) is 12.1 Å². The Kier molecular flexibility index (Phi) is 9.87. The summed E-state index contributed by atoms with van der Waals surface area (Å²) in [6, 6.07) is 12.7. The van der Waals surface area contributed by atoms with Crippen molar-refractivity contribution in [3.05, 3.63) is 71.9 Å². The number of rotatable bonds is 12. The summed E-state index contributed by atoms with van der Waals surface area (Å²) >= 11 is 0. The molecule has 2 aromatic carbocycles. The number of aromatic nitrogens is 1. The molecule has 0 aliphatic rings. The van der Waals surface area contributed by atoms with Crippen molar-refractivity contribution in [2.24, 2.45) is 0 Å². The van der Waals surface area contributed by atoms with Gasteiger partial charge >= 0.3 is 6.09 Å². The highest BCUT2D eigenvalue weighted by atomic mass is 19.2. The van der Waals surface area contributed by atoms with Crippen LogP contribution in [0.5, 0.6) is 0 Å². The largest absolute Gasteiger partial charge is 0.447 e. The van der Waals surface area contributed by atoms with E-state index in [9.17, 15) is 23.5 Å². The lowest BCUT2D eigenvalue weighted by molar-refractivity contribution is -0.121. The Morgan fingerprint density at radius 3 is 2.62 bits per heavy atom. The zero-order valence-corrected chi connectivity index (χ0v) is 20.9. The first-order valence-electron chi connectivity index (χ1n) is 12.0. The molecule has 37 heavy (non-hydrogen) atoms. The van der Waals surface area contributed by atoms with Crippen LogP contribution in [-0.2, 0) is 16.1 Å². The molecule has 0 aliphatic carbocycles. The minimum Gasteiger partial charge on any atom is -0.447 e. The SMILES string of the molecule is CC(C)(O)CCC[C@@H](COC(=O)Nc1cc2ccccc2cn1)NC(=O)CNCc1cccc(F)c1F. The van der Waals surface area contributed by atoms with Crippen molar-refractivity contribution in [2.45, 2.75) is 51.3 Å². The predicted molar refractivity (Wildman–Crippen MR) is 137 cm³/mol. The lowest BCUT2D eigenvalue weighted by Crippen LogP contribution is -2.43. The van der Waals surface area contributed by atoms with E-state index in [1.54, 1.807) is 26.1 Å². The molecule has 1 atom stereocenters. The van der Waals surface area contributed by atoms with Crippen molar-refractivity contribution in [1.29, 1.82) is 0 Å². The zero-order valence-electron chi connectivity index (χ0n) is 20.9. The molecule has 2 amide bonds. The number of anilines is 1. The first-order chi connectivity index (χ1) is 17.6. The van der Waals surface area contributed by atoms with Gasteiger partial charge in [0.05, 0.1) is 18.2 Å². The van der Waals surface area contributed by atoms with Gasteiger partial charge in [-0.3, -0.25) is 10.1 Å². The molecule has 0 radical (unpaired) electrons. The van der Waals surface area contributed by atoms with E-state index >= 15 is 0 Å². The van der Waals surface area contributed by atoms with Gasteiger partial charge in [-0.1, -0.05) is 36.4 Å². The summed E-state index contributed by atoms with van der Waals surface area (Å²) < 4.78 is 32.5. The Hall–Kier alpha value is -3.63. The highest BCUT2D eigenvalue weighted by Crippen LogP contribution is 2.17. The minimum atomic E-state index is -0.958. The molecule has 0 aliphatic heterocycles. The third kappa shape index (κ3) is 9.40. The number of benzene rings is 2. The van der Waals surface area contributed by atoms with Gasteiger partial charge in [-0.15, -0.1) is 0 Å². The number of pyridine rings is 1. The van der Waals surface area contributed by atoms with E-state index < -0.39 is 35.3 Å². The van der Waals surface area contributed by atoms with Gasteiger partial charge in [0.15, 0.2) is 11.6 Å². The number of fused-ring (bicyclic) bond motifs is 1. The fraction of sp³-hybridized carbons (Fsp3) is 0.370. The fourth-order valence-corrected chi connectivity index (χ4v) is 3.72. The van der Waals surface area contributed by atoms with Gasteiger partial charge in [0, 0.05) is 23.7 Å². The fourth-order valence-electron chi connectivity index (χ4n) is 3.72. The lowest BCUT2D eigenvalue weighted by Gasteiger charge is -2.22. The Morgan fingerprint density at radius 2 is 1.86 bits per heavy atom. The number of ether oxygens (including phenoxy) is 1. The molecular formula is C27H32F2N4O4. The van der Waals surface area contributed by atoms with Crippen molar-refractivity contribution in [3.8, 4) is 0 Å². The molecule has 3 rings (SSSR count). The highest BCUT2D eigenvalue weighted by Gasteiger charge is 2.18. The van der Waals surface area contributed by atoms with E-state index in [4.69, 9.17) is 4.74 Å². The van der Waals surface area contributed by atoms with E-state index in [0.29, 0.717) is 25.1 Å². The lowest BCUT2D eigenvalue weighted by atomic mass is 9.99. The second-order valence-corrected chi connectivity index (χ2v) is 9.43. The van der Waals surface area contributed by atoms with Crippen molar-refractivity contribution >= 4 is 28.6 Å². The van der Waals surface area contributed by atoms with Crippen molar-refractivity contribution in [3.63, 3.8) is 0 Å².